The van der Waals surface area contributed by atoms with Crippen LogP contribution in [-0.4, -0.2) is 6.61 Å². The van der Waals surface area contributed by atoms with E-state index in [0.717, 1.165) is 0 Å². The average Bonchev–Trinajstić information content (AvgIpc) is 2.41. The summed E-state index contributed by atoms with van der Waals surface area (Å²) in [7, 11) is 0. The second-order valence-electron chi connectivity index (χ2n) is 4.07. The molecule has 0 radical (unpaired) electrons. The van der Waals surface area contributed by atoms with Crippen LogP contribution in [0.4, 0.5) is 13.2 Å². The number of benzene rings is 2. The molecule has 0 saturated carbocycles. The second kappa shape index (κ2) is 6.28. The lowest BCUT2D eigenvalue weighted by Crippen LogP contribution is -2.15. The third-order valence-electron chi connectivity index (χ3n) is 2.77. The molecular weight excluding hydrogens is 335 g/mol. The molecule has 2 nitrogen and oxygen atoms in total. The predicted molar refractivity (Wildman–Crippen MR) is 73.2 cm³/mol. The minimum atomic E-state index is -2.93. The highest BCUT2D eigenvalue weighted by Gasteiger charge is 2.17. The van der Waals surface area contributed by atoms with E-state index in [4.69, 9.17) is 5.73 Å². The Morgan fingerprint density at radius 3 is 2.45 bits per heavy atom. The summed E-state index contributed by atoms with van der Waals surface area (Å²) in [5.74, 6) is -0.409. The quantitative estimate of drug-likeness (QED) is 0.899. The van der Waals surface area contributed by atoms with Crippen molar-refractivity contribution >= 4 is 15.9 Å². The van der Waals surface area contributed by atoms with Crippen LogP contribution in [0.3, 0.4) is 0 Å². The fourth-order valence-electron chi connectivity index (χ4n) is 1.83. The summed E-state index contributed by atoms with van der Waals surface area (Å²) < 4.78 is 42.6. The first kappa shape index (κ1) is 14.9. The minimum absolute atomic E-state index is 0.00967. The van der Waals surface area contributed by atoms with E-state index in [-0.39, 0.29) is 10.2 Å². The van der Waals surface area contributed by atoms with Crippen LogP contribution in [0.25, 0.3) is 0 Å². The van der Waals surface area contributed by atoms with Crippen LogP contribution in [0.15, 0.2) is 46.9 Å². The smallest absolute Gasteiger partial charge is 0.387 e. The highest BCUT2D eigenvalue weighted by Crippen LogP contribution is 2.31. The van der Waals surface area contributed by atoms with Crippen LogP contribution >= 0.6 is 15.9 Å². The predicted octanol–water partition coefficient (Wildman–Crippen LogP) is 4.24. The van der Waals surface area contributed by atoms with E-state index < -0.39 is 18.5 Å². The molecule has 0 bridgehead atoms. The van der Waals surface area contributed by atoms with Gasteiger partial charge in [0, 0.05) is 5.56 Å². The Balaban J connectivity index is 2.37. The Labute approximate surface area is 122 Å². The van der Waals surface area contributed by atoms with Gasteiger partial charge in [-0.2, -0.15) is 8.78 Å². The first-order valence-corrected chi connectivity index (χ1v) is 6.52. The maximum absolute atomic E-state index is 13.2. The topological polar surface area (TPSA) is 35.2 Å². The van der Waals surface area contributed by atoms with Gasteiger partial charge in [0.2, 0.25) is 0 Å². The van der Waals surface area contributed by atoms with Crippen molar-refractivity contribution in [3.63, 3.8) is 0 Å². The van der Waals surface area contributed by atoms with Crippen LogP contribution in [-0.2, 0) is 0 Å². The van der Waals surface area contributed by atoms with E-state index in [1.807, 2.05) is 0 Å². The van der Waals surface area contributed by atoms with Crippen LogP contribution in [0, 0.1) is 5.82 Å². The molecule has 0 heterocycles. The van der Waals surface area contributed by atoms with Crippen LogP contribution in [0.2, 0.25) is 0 Å². The van der Waals surface area contributed by atoms with Crippen LogP contribution in [0.1, 0.15) is 17.2 Å². The van der Waals surface area contributed by atoms with Crippen molar-refractivity contribution in [1.29, 1.82) is 0 Å². The minimum Gasteiger partial charge on any atom is -0.434 e. The van der Waals surface area contributed by atoms with E-state index in [9.17, 15) is 13.2 Å². The van der Waals surface area contributed by atoms with Gasteiger partial charge >= 0.3 is 6.61 Å². The molecule has 0 aromatic heterocycles. The Morgan fingerprint density at radius 1 is 1.10 bits per heavy atom. The number of hydrogen-bond acceptors (Lipinski definition) is 2. The Bertz CT molecular complexity index is 607. The molecule has 1 unspecified atom stereocenters. The zero-order valence-electron chi connectivity index (χ0n) is 10.2. The highest BCUT2D eigenvalue weighted by molar-refractivity contribution is 9.10. The standard InChI is InChI=1S/C14H11BrF3NO/c15-10-7-8(5-6-11(10)16)13(19)9-3-1-2-4-12(9)20-14(17)18/h1-7,13-14H,19H2. The summed E-state index contributed by atoms with van der Waals surface area (Å²) in [5, 5.41) is 0. The monoisotopic (exact) mass is 345 g/mol. The van der Waals surface area contributed by atoms with E-state index in [0.29, 0.717) is 11.1 Å². The lowest BCUT2D eigenvalue weighted by atomic mass is 9.99. The average molecular weight is 346 g/mol. The number of halogens is 4. The van der Waals surface area contributed by atoms with Gasteiger partial charge in [-0.15, -0.1) is 0 Å². The zero-order valence-corrected chi connectivity index (χ0v) is 11.8. The summed E-state index contributed by atoms with van der Waals surface area (Å²) in [5.41, 5.74) is 7.04. The molecule has 0 saturated heterocycles. The molecule has 0 aliphatic carbocycles. The van der Waals surface area contributed by atoms with Gasteiger partial charge in [-0.05, 0) is 39.7 Å². The first-order valence-electron chi connectivity index (χ1n) is 5.73. The molecule has 0 fully saturated rings. The van der Waals surface area contributed by atoms with Crippen molar-refractivity contribution in [2.45, 2.75) is 12.7 Å². The van der Waals surface area contributed by atoms with Gasteiger partial charge in [0.05, 0.1) is 10.5 Å². The normalized spacial score (nSPS) is 12.5. The summed E-state index contributed by atoms with van der Waals surface area (Å²) in [4.78, 5) is 0. The van der Waals surface area contributed by atoms with Gasteiger partial charge in [0.15, 0.2) is 0 Å². The third kappa shape index (κ3) is 3.32. The molecule has 0 aliphatic heterocycles. The number of ether oxygens (including phenoxy) is 1. The molecule has 106 valence electrons. The maximum atomic E-state index is 13.2. The largest absolute Gasteiger partial charge is 0.434 e. The molecule has 0 aliphatic rings. The van der Waals surface area contributed by atoms with Crippen molar-refractivity contribution < 1.29 is 17.9 Å². The van der Waals surface area contributed by atoms with Gasteiger partial charge in [-0.25, -0.2) is 4.39 Å². The Hall–Kier alpha value is -1.53. The molecular formula is C14H11BrF3NO. The van der Waals surface area contributed by atoms with Crippen molar-refractivity contribution in [3.05, 3.63) is 63.9 Å². The lowest BCUT2D eigenvalue weighted by molar-refractivity contribution is -0.0505. The van der Waals surface area contributed by atoms with Crippen molar-refractivity contribution in [2.24, 2.45) is 5.73 Å². The molecule has 20 heavy (non-hydrogen) atoms. The summed E-state index contributed by atoms with van der Waals surface area (Å²) in [6, 6.07) is 9.85. The van der Waals surface area contributed by atoms with Crippen LogP contribution < -0.4 is 10.5 Å². The number of rotatable bonds is 4. The molecule has 2 N–H and O–H groups in total. The Kier molecular flexibility index (Phi) is 4.67. The van der Waals surface area contributed by atoms with Crippen molar-refractivity contribution in [2.75, 3.05) is 0 Å². The number of alkyl halides is 2. The number of nitrogens with two attached hydrogens (primary N) is 1. The Morgan fingerprint density at radius 2 is 1.80 bits per heavy atom. The summed E-state index contributed by atoms with van der Waals surface area (Å²) in [6.07, 6.45) is 0. The fraction of sp³-hybridized carbons (Fsp3) is 0.143. The van der Waals surface area contributed by atoms with E-state index >= 15 is 0 Å². The second-order valence-corrected chi connectivity index (χ2v) is 4.92. The van der Waals surface area contributed by atoms with Crippen LogP contribution in [0.5, 0.6) is 5.75 Å². The molecule has 1 atom stereocenters. The zero-order chi connectivity index (χ0) is 14.7. The maximum Gasteiger partial charge on any atom is 0.387 e. The SMILES string of the molecule is NC(c1ccc(F)c(Br)c1)c1ccccc1OC(F)F. The van der Waals surface area contributed by atoms with E-state index in [1.165, 1.54) is 24.3 Å². The number of para-hydroxylation sites is 1. The fourth-order valence-corrected chi connectivity index (χ4v) is 2.22. The molecule has 2 aromatic carbocycles. The van der Waals surface area contributed by atoms with Gasteiger partial charge in [-0.1, -0.05) is 24.3 Å². The summed E-state index contributed by atoms with van der Waals surface area (Å²) in [6.45, 7) is -2.93. The van der Waals surface area contributed by atoms with E-state index in [1.54, 1.807) is 18.2 Å². The molecule has 2 aromatic rings. The van der Waals surface area contributed by atoms with Gasteiger partial charge in [0.1, 0.15) is 11.6 Å². The highest BCUT2D eigenvalue weighted by atomic mass is 79.9. The van der Waals surface area contributed by atoms with E-state index in [2.05, 4.69) is 20.7 Å². The van der Waals surface area contributed by atoms with Gasteiger partial charge < -0.3 is 10.5 Å². The van der Waals surface area contributed by atoms with Gasteiger partial charge in [-0.3, -0.25) is 0 Å². The summed E-state index contributed by atoms with van der Waals surface area (Å²) >= 11 is 3.06. The number of hydrogen-bond donors (Lipinski definition) is 1. The third-order valence-corrected chi connectivity index (χ3v) is 3.38. The molecule has 0 spiro atoms. The van der Waals surface area contributed by atoms with Crippen molar-refractivity contribution in [1.82, 2.24) is 0 Å². The lowest BCUT2D eigenvalue weighted by Gasteiger charge is -2.17. The first-order chi connectivity index (χ1) is 9.49. The van der Waals surface area contributed by atoms with Crippen molar-refractivity contribution in [3.8, 4) is 5.75 Å². The van der Waals surface area contributed by atoms with Gasteiger partial charge in [0.25, 0.3) is 0 Å². The molecule has 0 amide bonds. The molecule has 6 heteroatoms. The molecule has 2 rings (SSSR count).